The summed E-state index contributed by atoms with van der Waals surface area (Å²) in [5, 5.41) is 2.82. The third kappa shape index (κ3) is 6.84. The summed E-state index contributed by atoms with van der Waals surface area (Å²) in [4.78, 5) is 12.2. The molecule has 0 saturated carbocycles. The average molecular weight is 456 g/mol. The van der Waals surface area contributed by atoms with Gasteiger partial charge in [0.25, 0.3) is 5.91 Å². The average Bonchev–Trinajstić information content (AvgIpc) is 2.72. The minimum absolute atomic E-state index is 0.0710. The lowest BCUT2D eigenvalue weighted by Crippen LogP contribution is -2.20. The van der Waals surface area contributed by atoms with E-state index in [1.54, 1.807) is 12.1 Å². The summed E-state index contributed by atoms with van der Waals surface area (Å²) in [7, 11) is 0. The Morgan fingerprint density at radius 3 is 2.34 bits per heavy atom. The van der Waals surface area contributed by atoms with Crippen LogP contribution in [0.4, 0.5) is 5.69 Å². The van der Waals surface area contributed by atoms with Crippen LogP contribution in [-0.2, 0) is 4.79 Å². The number of aryl methyl sites for hydroxylation is 1. The van der Waals surface area contributed by atoms with Crippen LogP contribution in [0.2, 0.25) is 0 Å². The smallest absolute Gasteiger partial charge is 0.262 e. The van der Waals surface area contributed by atoms with E-state index in [9.17, 15) is 4.79 Å². The predicted octanol–water partition coefficient (Wildman–Crippen LogP) is 5.23. The number of rotatable bonds is 9. The Morgan fingerprint density at radius 2 is 1.59 bits per heavy atom. The molecule has 6 heteroatoms. The number of hydrogen-bond acceptors (Lipinski definition) is 4. The third-order valence-electron chi connectivity index (χ3n) is 3.98. The van der Waals surface area contributed by atoms with E-state index in [4.69, 9.17) is 14.2 Å². The zero-order valence-electron chi connectivity index (χ0n) is 16.1. The molecule has 0 aliphatic carbocycles. The molecule has 0 spiro atoms. The number of carbonyl (C=O) groups excluding carboxylic acids is 1. The van der Waals surface area contributed by atoms with Gasteiger partial charge in [-0.2, -0.15) is 0 Å². The number of anilines is 1. The number of ether oxygens (including phenoxy) is 3. The molecule has 150 valence electrons. The van der Waals surface area contributed by atoms with Crippen molar-refractivity contribution in [2.45, 2.75) is 6.92 Å². The van der Waals surface area contributed by atoms with E-state index in [2.05, 4.69) is 21.2 Å². The third-order valence-corrected chi connectivity index (χ3v) is 4.47. The molecule has 1 amide bonds. The Morgan fingerprint density at radius 1 is 0.862 bits per heavy atom. The first-order valence-corrected chi connectivity index (χ1v) is 9.99. The van der Waals surface area contributed by atoms with Crippen molar-refractivity contribution in [3.63, 3.8) is 0 Å². The molecular weight excluding hydrogens is 434 g/mol. The van der Waals surface area contributed by atoms with Gasteiger partial charge in [-0.25, -0.2) is 0 Å². The van der Waals surface area contributed by atoms with E-state index < -0.39 is 0 Å². The highest BCUT2D eigenvalue weighted by atomic mass is 79.9. The molecular formula is C23H22BrNO4. The summed E-state index contributed by atoms with van der Waals surface area (Å²) in [5.41, 5.74) is 1.60. The van der Waals surface area contributed by atoms with Crippen LogP contribution in [0.1, 0.15) is 5.56 Å². The maximum atomic E-state index is 12.2. The minimum Gasteiger partial charge on any atom is -0.490 e. The summed E-state index contributed by atoms with van der Waals surface area (Å²) in [6, 6.07) is 22.4. The van der Waals surface area contributed by atoms with E-state index >= 15 is 0 Å². The van der Waals surface area contributed by atoms with Gasteiger partial charge in [-0.1, -0.05) is 40.2 Å². The lowest BCUT2D eigenvalue weighted by atomic mass is 10.2. The van der Waals surface area contributed by atoms with Crippen LogP contribution >= 0.6 is 15.9 Å². The molecule has 5 nitrogen and oxygen atoms in total. The standard InChI is InChI=1S/C23H22BrNO4/c1-17-14-18(24)10-11-22(17)29-16-23(26)25-19-6-5-9-21(15-19)28-13-12-27-20-7-3-2-4-8-20/h2-11,14-15H,12-13,16H2,1H3,(H,25,26). The molecule has 0 unspecified atom stereocenters. The zero-order chi connectivity index (χ0) is 20.5. The van der Waals surface area contributed by atoms with Crippen molar-refractivity contribution in [1.29, 1.82) is 0 Å². The molecule has 0 bridgehead atoms. The van der Waals surface area contributed by atoms with Crippen LogP contribution in [0.5, 0.6) is 17.2 Å². The van der Waals surface area contributed by atoms with Gasteiger partial charge in [0.05, 0.1) is 0 Å². The fourth-order valence-corrected chi connectivity index (χ4v) is 3.09. The van der Waals surface area contributed by atoms with Crippen molar-refractivity contribution in [2.75, 3.05) is 25.1 Å². The molecule has 3 aromatic rings. The number of carbonyl (C=O) groups is 1. The first-order chi connectivity index (χ1) is 14.1. The second-order valence-electron chi connectivity index (χ2n) is 6.28. The number of halogens is 1. The molecule has 0 heterocycles. The molecule has 1 N–H and O–H groups in total. The summed E-state index contributed by atoms with van der Waals surface area (Å²) in [6.07, 6.45) is 0. The highest BCUT2D eigenvalue weighted by molar-refractivity contribution is 9.10. The molecule has 29 heavy (non-hydrogen) atoms. The lowest BCUT2D eigenvalue weighted by Gasteiger charge is -2.11. The van der Waals surface area contributed by atoms with Gasteiger partial charge in [-0.05, 0) is 55.0 Å². The van der Waals surface area contributed by atoms with Gasteiger partial charge in [0.2, 0.25) is 0 Å². The van der Waals surface area contributed by atoms with Crippen molar-refractivity contribution in [1.82, 2.24) is 0 Å². The van der Waals surface area contributed by atoms with Crippen LogP contribution in [0.25, 0.3) is 0 Å². The highest BCUT2D eigenvalue weighted by Crippen LogP contribution is 2.22. The summed E-state index contributed by atoms with van der Waals surface area (Å²) in [5.74, 6) is 1.90. The summed E-state index contributed by atoms with van der Waals surface area (Å²) in [6.45, 7) is 2.69. The molecule has 0 saturated heterocycles. The number of nitrogens with one attached hydrogen (secondary N) is 1. The van der Waals surface area contributed by atoms with Gasteiger partial charge in [0.15, 0.2) is 6.61 Å². The monoisotopic (exact) mass is 455 g/mol. The Hall–Kier alpha value is -2.99. The zero-order valence-corrected chi connectivity index (χ0v) is 17.6. The second kappa shape index (κ2) is 10.5. The largest absolute Gasteiger partial charge is 0.490 e. The second-order valence-corrected chi connectivity index (χ2v) is 7.20. The van der Waals surface area contributed by atoms with Crippen LogP contribution < -0.4 is 19.5 Å². The van der Waals surface area contributed by atoms with E-state index in [0.717, 1.165) is 15.8 Å². The molecule has 0 radical (unpaired) electrons. The van der Waals surface area contributed by atoms with Crippen LogP contribution in [-0.4, -0.2) is 25.7 Å². The Bertz CT molecular complexity index is 947. The van der Waals surface area contributed by atoms with E-state index in [1.807, 2.05) is 67.6 Å². The predicted molar refractivity (Wildman–Crippen MR) is 117 cm³/mol. The summed E-state index contributed by atoms with van der Waals surface area (Å²) >= 11 is 3.41. The SMILES string of the molecule is Cc1cc(Br)ccc1OCC(=O)Nc1cccc(OCCOc2ccccc2)c1. The van der Waals surface area contributed by atoms with Crippen molar-refractivity contribution in [3.8, 4) is 17.2 Å². The fraction of sp³-hybridized carbons (Fsp3) is 0.174. The van der Waals surface area contributed by atoms with Gasteiger partial charge in [-0.3, -0.25) is 4.79 Å². The first kappa shape index (κ1) is 20.7. The molecule has 0 aliphatic heterocycles. The topological polar surface area (TPSA) is 56.8 Å². The van der Waals surface area contributed by atoms with Crippen LogP contribution in [0, 0.1) is 6.92 Å². The van der Waals surface area contributed by atoms with E-state index in [1.165, 1.54) is 0 Å². The molecule has 3 rings (SSSR count). The van der Waals surface area contributed by atoms with E-state index in [-0.39, 0.29) is 12.5 Å². The van der Waals surface area contributed by atoms with Gasteiger partial charge in [-0.15, -0.1) is 0 Å². The van der Waals surface area contributed by atoms with Gasteiger partial charge < -0.3 is 19.5 Å². The Labute approximate surface area is 178 Å². The number of amides is 1. The normalized spacial score (nSPS) is 10.3. The Balaban J connectivity index is 1.44. The first-order valence-electron chi connectivity index (χ1n) is 9.20. The molecule has 3 aromatic carbocycles. The van der Waals surface area contributed by atoms with Crippen molar-refractivity contribution in [2.24, 2.45) is 0 Å². The number of benzene rings is 3. The molecule has 0 aromatic heterocycles. The van der Waals surface area contributed by atoms with E-state index in [0.29, 0.717) is 30.4 Å². The molecule has 0 aliphatic rings. The molecule has 0 atom stereocenters. The van der Waals surface area contributed by atoms with Crippen LogP contribution in [0.3, 0.4) is 0 Å². The highest BCUT2D eigenvalue weighted by Gasteiger charge is 2.07. The summed E-state index contributed by atoms with van der Waals surface area (Å²) < 4.78 is 17.9. The maximum Gasteiger partial charge on any atom is 0.262 e. The minimum atomic E-state index is -0.239. The number of para-hydroxylation sites is 1. The van der Waals surface area contributed by atoms with Crippen molar-refractivity contribution >= 4 is 27.5 Å². The maximum absolute atomic E-state index is 12.2. The fourth-order valence-electron chi connectivity index (χ4n) is 2.61. The van der Waals surface area contributed by atoms with Gasteiger partial charge in [0, 0.05) is 16.2 Å². The van der Waals surface area contributed by atoms with Crippen molar-refractivity contribution in [3.05, 3.63) is 82.8 Å². The number of hydrogen-bond donors (Lipinski definition) is 1. The van der Waals surface area contributed by atoms with Gasteiger partial charge in [0.1, 0.15) is 30.5 Å². The lowest BCUT2D eigenvalue weighted by molar-refractivity contribution is -0.118. The van der Waals surface area contributed by atoms with Crippen molar-refractivity contribution < 1.29 is 19.0 Å². The molecule has 0 fully saturated rings. The van der Waals surface area contributed by atoms with Gasteiger partial charge >= 0.3 is 0 Å². The Kier molecular flexibility index (Phi) is 7.53. The quantitative estimate of drug-likeness (QED) is 0.448. The van der Waals surface area contributed by atoms with Crippen LogP contribution in [0.15, 0.2) is 77.3 Å².